The molecule has 0 spiro atoms. The third-order valence-electron chi connectivity index (χ3n) is 6.36. The summed E-state index contributed by atoms with van der Waals surface area (Å²) >= 11 is 0. The molecule has 0 unspecified atom stereocenters. The lowest BCUT2D eigenvalue weighted by Crippen LogP contribution is -2.44. The smallest absolute Gasteiger partial charge is 0.271 e. The van der Waals surface area contributed by atoms with E-state index in [9.17, 15) is 8.42 Å². The largest absolute Gasteiger partial charge is 0.497 e. The second-order valence-electron chi connectivity index (χ2n) is 9.31. The molecule has 32 heavy (non-hydrogen) atoms. The van der Waals surface area contributed by atoms with Crippen LogP contribution in [0.4, 0.5) is 0 Å². The van der Waals surface area contributed by atoms with Crippen LogP contribution in [0.2, 0.25) is 16.6 Å². The summed E-state index contributed by atoms with van der Waals surface area (Å²) in [7, 11) is -4.27. The van der Waals surface area contributed by atoms with E-state index in [1.807, 2.05) is 43.3 Å². The van der Waals surface area contributed by atoms with Gasteiger partial charge in [-0.25, -0.2) is 12.7 Å². The number of rotatable bonds is 8. The minimum atomic E-state index is -3.78. The van der Waals surface area contributed by atoms with E-state index in [4.69, 9.17) is 4.74 Å². The zero-order chi connectivity index (χ0) is 24.1. The van der Waals surface area contributed by atoms with Gasteiger partial charge in [-0.05, 0) is 53.4 Å². The molecule has 0 fully saturated rings. The van der Waals surface area contributed by atoms with Crippen molar-refractivity contribution in [3.8, 4) is 17.3 Å². The summed E-state index contributed by atoms with van der Waals surface area (Å²) in [6, 6.07) is 17.6. The number of aryl methyl sites for hydroxylation is 1. The standard InChI is InChI=1S/C26H37NO3SSi/c1-20(2)32(21(3)4,22(5)6)18-17-27(19-24-11-13-25(30-8)14-12-24)31(28,29)26-15-9-23(7)10-16-26/h9-16,20-22H,19H2,1-8H3. The number of hydrogen-bond acceptors (Lipinski definition) is 3. The average molecular weight is 472 g/mol. The van der Waals surface area contributed by atoms with Crippen LogP contribution in [0.15, 0.2) is 53.4 Å². The highest BCUT2D eigenvalue weighted by atomic mass is 32.2. The number of methoxy groups -OCH3 is 1. The second-order valence-corrected chi connectivity index (χ2v) is 16.7. The minimum Gasteiger partial charge on any atom is -0.497 e. The Kier molecular flexibility index (Phi) is 8.61. The molecule has 0 aromatic heterocycles. The van der Waals surface area contributed by atoms with Crippen molar-refractivity contribution >= 4 is 18.1 Å². The lowest BCUT2D eigenvalue weighted by molar-refractivity contribution is 0.414. The zero-order valence-corrected chi connectivity index (χ0v) is 22.5. The van der Waals surface area contributed by atoms with Crippen LogP contribution in [0.25, 0.3) is 0 Å². The van der Waals surface area contributed by atoms with Crippen LogP contribution in [-0.2, 0) is 16.6 Å². The SMILES string of the molecule is COc1ccc(CN(C#C[Si](C(C)C)(C(C)C)C(C)C)S(=O)(=O)c2ccc(C)cc2)cc1. The van der Waals surface area contributed by atoms with Crippen LogP contribution in [0, 0.1) is 18.5 Å². The van der Waals surface area contributed by atoms with Crippen molar-refractivity contribution in [3.05, 3.63) is 59.7 Å². The monoisotopic (exact) mass is 471 g/mol. The summed E-state index contributed by atoms with van der Waals surface area (Å²) in [5.41, 5.74) is 6.70. The molecule has 0 aliphatic rings. The van der Waals surface area contributed by atoms with E-state index in [0.717, 1.165) is 16.9 Å². The zero-order valence-electron chi connectivity index (χ0n) is 20.6. The molecule has 0 saturated carbocycles. The number of benzene rings is 2. The van der Waals surface area contributed by atoms with E-state index >= 15 is 0 Å². The molecule has 0 saturated heterocycles. The van der Waals surface area contributed by atoms with Gasteiger partial charge in [0.1, 0.15) is 13.8 Å². The van der Waals surface area contributed by atoms with E-state index in [1.165, 1.54) is 4.31 Å². The van der Waals surface area contributed by atoms with E-state index in [1.54, 1.807) is 19.2 Å². The Morgan fingerprint density at radius 2 is 1.38 bits per heavy atom. The molecule has 0 bridgehead atoms. The maximum atomic E-state index is 13.6. The highest BCUT2D eigenvalue weighted by Crippen LogP contribution is 2.40. The summed E-state index contributed by atoms with van der Waals surface area (Å²) in [4.78, 5) is 0.261. The van der Waals surface area contributed by atoms with Crippen LogP contribution >= 0.6 is 0 Å². The Morgan fingerprint density at radius 3 is 1.81 bits per heavy atom. The van der Waals surface area contributed by atoms with Gasteiger partial charge in [0.2, 0.25) is 0 Å². The summed E-state index contributed by atoms with van der Waals surface area (Å²) < 4.78 is 33.8. The average Bonchev–Trinajstić information content (AvgIpc) is 2.73. The van der Waals surface area contributed by atoms with Crippen LogP contribution in [-0.4, -0.2) is 27.9 Å². The van der Waals surface area contributed by atoms with Gasteiger partial charge >= 0.3 is 0 Å². The van der Waals surface area contributed by atoms with E-state index < -0.39 is 18.1 Å². The normalized spacial score (nSPS) is 12.1. The molecule has 2 rings (SSSR count). The predicted molar refractivity (Wildman–Crippen MR) is 136 cm³/mol. The van der Waals surface area contributed by atoms with Crippen molar-refractivity contribution in [1.82, 2.24) is 4.31 Å². The predicted octanol–water partition coefficient (Wildman–Crippen LogP) is 6.37. The third kappa shape index (κ3) is 5.57. The van der Waals surface area contributed by atoms with E-state index in [0.29, 0.717) is 16.6 Å². The van der Waals surface area contributed by atoms with Crippen molar-refractivity contribution < 1.29 is 13.2 Å². The molecule has 2 aromatic carbocycles. The van der Waals surface area contributed by atoms with Crippen molar-refractivity contribution in [2.75, 3.05) is 7.11 Å². The molecule has 0 atom stereocenters. The molecule has 0 aliphatic carbocycles. The Labute approximate surface area is 196 Å². The van der Waals surface area contributed by atoms with Crippen molar-refractivity contribution in [2.45, 2.75) is 76.5 Å². The van der Waals surface area contributed by atoms with Crippen molar-refractivity contribution in [3.63, 3.8) is 0 Å². The quantitative estimate of drug-likeness (QED) is 0.255. The number of nitrogens with zero attached hydrogens (tertiary/aromatic N) is 1. The van der Waals surface area contributed by atoms with Crippen molar-refractivity contribution in [1.29, 1.82) is 0 Å². The highest BCUT2D eigenvalue weighted by molar-refractivity contribution is 7.89. The molecular formula is C26H37NO3SSi. The lowest BCUT2D eigenvalue weighted by atomic mass is 10.2. The van der Waals surface area contributed by atoms with Gasteiger partial charge in [-0.1, -0.05) is 71.4 Å². The molecule has 0 radical (unpaired) electrons. The molecule has 2 aromatic rings. The highest BCUT2D eigenvalue weighted by Gasteiger charge is 2.42. The summed E-state index contributed by atoms with van der Waals surface area (Å²) in [5, 5.41) is 0. The Bertz CT molecular complexity index is 1030. The minimum absolute atomic E-state index is 0.186. The maximum Gasteiger partial charge on any atom is 0.271 e. The Balaban J connectivity index is 2.60. The van der Waals surface area contributed by atoms with E-state index in [-0.39, 0.29) is 11.4 Å². The summed E-state index contributed by atoms with van der Waals surface area (Å²) in [5.74, 6) is 0.735. The van der Waals surface area contributed by atoms with Gasteiger partial charge in [0.25, 0.3) is 10.0 Å². The Morgan fingerprint density at radius 1 is 0.875 bits per heavy atom. The number of ether oxygens (including phenoxy) is 1. The molecule has 0 amide bonds. The third-order valence-corrected chi connectivity index (χ3v) is 14.3. The fraction of sp³-hybridized carbons (Fsp3) is 0.462. The van der Waals surface area contributed by atoms with Crippen LogP contribution < -0.4 is 4.74 Å². The van der Waals surface area contributed by atoms with Gasteiger partial charge in [0, 0.05) is 6.04 Å². The fourth-order valence-corrected chi connectivity index (χ4v) is 11.0. The van der Waals surface area contributed by atoms with Gasteiger partial charge in [0.15, 0.2) is 0 Å². The van der Waals surface area contributed by atoms with Gasteiger partial charge in [0.05, 0.1) is 18.6 Å². The first-order valence-corrected chi connectivity index (χ1v) is 14.9. The number of hydrogen-bond donors (Lipinski definition) is 0. The summed E-state index contributed by atoms with van der Waals surface area (Å²) in [6.45, 7) is 15.5. The molecule has 174 valence electrons. The van der Waals surface area contributed by atoms with Crippen molar-refractivity contribution in [2.24, 2.45) is 0 Å². The molecule has 0 aliphatic heterocycles. The first-order chi connectivity index (χ1) is 14.9. The van der Waals surface area contributed by atoms with Gasteiger partial charge in [-0.15, -0.1) is 5.54 Å². The first-order valence-electron chi connectivity index (χ1n) is 11.2. The molecule has 6 heteroatoms. The number of sulfonamides is 1. The second kappa shape index (κ2) is 10.6. The van der Waals surface area contributed by atoms with Gasteiger partial charge in [-0.2, -0.15) is 0 Å². The van der Waals surface area contributed by atoms with Crippen LogP contribution in [0.5, 0.6) is 5.75 Å². The Hall–Kier alpha value is -2.23. The lowest BCUT2D eigenvalue weighted by Gasteiger charge is -2.38. The molecule has 0 N–H and O–H groups in total. The fourth-order valence-electron chi connectivity index (χ4n) is 4.51. The first kappa shape index (κ1) is 26.0. The van der Waals surface area contributed by atoms with Gasteiger partial charge in [-0.3, -0.25) is 0 Å². The molecule has 0 heterocycles. The van der Waals surface area contributed by atoms with Crippen LogP contribution in [0.3, 0.4) is 0 Å². The van der Waals surface area contributed by atoms with Crippen LogP contribution in [0.1, 0.15) is 52.7 Å². The van der Waals surface area contributed by atoms with Gasteiger partial charge < -0.3 is 4.74 Å². The van der Waals surface area contributed by atoms with E-state index in [2.05, 4.69) is 53.1 Å². The topological polar surface area (TPSA) is 46.6 Å². The maximum absolute atomic E-state index is 13.6. The molecule has 4 nitrogen and oxygen atoms in total. The molecular weight excluding hydrogens is 434 g/mol. The summed E-state index contributed by atoms with van der Waals surface area (Å²) in [6.07, 6.45) is 0.